The van der Waals surface area contributed by atoms with Gasteiger partial charge in [0.15, 0.2) is 12.7 Å². The minimum atomic E-state index is -0.839. The number of amides is 1. The molecule has 0 aliphatic heterocycles. The van der Waals surface area contributed by atoms with Crippen LogP contribution >= 0.6 is 0 Å². The Hall–Kier alpha value is -3.62. The van der Waals surface area contributed by atoms with Gasteiger partial charge < -0.3 is 20.1 Å². The third-order valence-electron chi connectivity index (χ3n) is 3.83. The Morgan fingerprint density at radius 2 is 1.86 bits per heavy atom. The second kappa shape index (κ2) is 10.6. The van der Waals surface area contributed by atoms with Crippen molar-refractivity contribution in [2.45, 2.75) is 20.0 Å². The van der Waals surface area contributed by atoms with Crippen LogP contribution in [0, 0.1) is 17.0 Å². The number of aryl methyl sites for hydroxylation is 1. The van der Waals surface area contributed by atoms with Crippen LogP contribution in [0.2, 0.25) is 0 Å². The van der Waals surface area contributed by atoms with Crippen LogP contribution in [0.5, 0.6) is 5.75 Å². The topological polar surface area (TPSA) is 120 Å². The minimum Gasteiger partial charge on any atom is -0.479 e. The molecule has 0 unspecified atom stereocenters. The molecule has 0 heterocycles. The summed E-state index contributed by atoms with van der Waals surface area (Å²) < 4.78 is 10.5. The fourth-order valence-corrected chi connectivity index (χ4v) is 2.36. The fourth-order valence-electron chi connectivity index (χ4n) is 2.36. The van der Waals surface area contributed by atoms with Gasteiger partial charge in [0.25, 0.3) is 11.6 Å². The molecule has 0 fully saturated rings. The fraction of sp³-hybridized carbons (Fsp3) is 0.300. The molecule has 0 radical (unpaired) electrons. The van der Waals surface area contributed by atoms with Gasteiger partial charge >= 0.3 is 5.97 Å². The monoisotopic (exact) mass is 401 g/mol. The standard InChI is InChI=1S/C20H23N3O6/c1-14-4-3-5-18(12-14)29-15(2)20(25)28-13-19(24)22-11-10-21-16-6-8-17(9-7-16)23(26)27/h3-9,12,15,21H,10-11,13H2,1-2H3,(H,22,24)/t15-/m1/s1. The second-order valence-corrected chi connectivity index (χ2v) is 6.27. The van der Waals surface area contributed by atoms with Crippen molar-refractivity contribution < 1.29 is 24.0 Å². The largest absolute Gasteiger partial charge is 0.479 e. The highest BCUT2D eigenvalue weighted by Crippen LogP contribution is 2.15. The molecule has 0 bridgehead atoms. The molecule has 9 heteroatoms. The summed E-state index contributed by atoms with van der Waals surface area (Å²) in [6.07, 6.45) is -0.839. The first-order valence-corrected chi connectivity index (χ1v) is 9.00. The van der Waals surface area contributed by atoms with Gasteiger partial charge in [-0.3, -0.25) is 14.9 Å². The van der Waals surface area contributed by atoms with Gasteiger partial charge in [0.2, 0.25) is 0 Å². The summed E-state index contributed by atoms with van der Waals surface area (Å²) in [4.78, 5) is 33.8. The van der Waals surface area contributed by atoms with E-state index < -0.39 is 29.5 Å². The van der Waals surface area contributed by atoms with E-state index in [1.54, 1.807) is 31.2 Å². The molecule has 0 saturated carbocycles. The lowest BCUT2D eigenvalue weighted by Gasteiger charge is -2.14. The number of nitrogens with zero attached hydrogens (tertiary/aromatic N) is 1. The summed E-state index contributed by atoms with van der Waals surface area (Å²) in [5.41, 5.74) is 1.70. The molecule has 0 aromatic heterocycles. The number of rotatable bonds is 10. The molecule has 2 N–H and O–H groups in total. The van der Waals surface area contributed by atoms with Crippen LogP contribution in [0.15, 0.2) is 48.5 Å². The van der Waals surface area contributed by atoms with Crippen molar-refractivity contribution in [3.8, 4) is 5.75 Å². The molecule has 2 rings (SSSR count). The summed E-state index contributed by atoms with van der Waals surface area (Å²) in [6, 6.07) is 13.2. The second-order valence-electron chi connectivity index (χ2n) is 6.27. The summed E-state index contributed by atoms with van der Waals surface area (Å²) in [7, 11) is 0. The van der Waals surface area contributed by atoms with Crippen molar-refractivity contribution in [3.63, 3.8) is 0 Å². The Balaban J connectivity index is 1.63. The lowest BCUT2D eigenvalue weighted by Crippen LogP contribution is -2.35. The van der Waals surface area contributed by atoms with Crippen molar-refractivity contribution in [2.24, 2.45) is 0 Å². The van der Waals surface area contributed by atoms with Crippen molar-refractivity contribution in [2.75, 3.05) is 25.0 Å². The Kier molecular flexibility index (Phi) is 7.96. The summed E-state index contributed by atoms with van der Waals surface area (Å²) >= 11 is 0. The maximum Gasteiger partial charge on any atom is 0.347 e. The predicted molar refractivity (Wildman–Crippen MR) is 107 cm³/mol. The highest BCUT2D eigenvalue weighted by molar-refractivity contribution is 5.82. The number of anilines is 1. The number of non-ortho nitro benzene ring substituents is 1. The van der Waals surface area contributed by atoms with Crippen LogP contribution in [-0.4, -0.2) is 42.6 Å². The zero-order valence-corrected chi connectivity index (χ0v) is 16.2. The van der Waals surface area contributed by atoms with Gasteiger partial charge in [-0.2, -0.15) is 0 Å². The van der Waals surface area contributed by atoms with Gasteiger partial charge in [-0.15, -0.1) is 0 Å². The van der Waals surface area contributed by atoms with Crippen LogP contribution in [0.1, 0.15) is 12.5 Å². The van der Waals surface area contributed by atoms with Crippen molar-refractivity contribution in [3.05, 3.63) is 64.2 Å². The average molecular weight is 401 g/mol. The number of hydrogen-bond acceptors (Lipinski definition) is 7. The number of nitro groups is 1. The first-order chi connectivity index (χ1) is 13.8. The van der Waals surface area contributed by atoms with E-state index in [9.17, 15) is 19.7 Å². The highest BCUT2D eigenvalue weighted by Gasteiger charge is 2.17. The maximum absolute atomic E-state index is 11.9. The smallest absolute Gasteiger partial charge is 0.347 e. The van der Waals surface area contributed by atoms with E-state index in [0.717, 1.165) is 5.56 Å². The summed E-state index contributed by atoms with van der Waals surface area (Å²) in [5, 5.41) is 16.2. The molecule has 1 atom stereocenters. The van der Waals surface area contributed by atoms with E-state index in [4.69, 9.17) is 9.47 Å². The van der Waals surface area contributed by atoms with Crippen LogP contribution in [0.25, 0.3) is 0 Å². The number of benzene rings is 2. The van der Waals surface area contributed by atoms with Crippen molar-refractivity contribution in [1.29, 1.82) is 0 Å². The molecule has 0 aliphatic rings. The highest BCUT2D eigenvalue weighted by atomic mass is 16.6. The van der Waals surface area contributed by atoms with Crippen LogP contribution in [-0.2, 0) is 14.3 Å². The minimum absolute atomic E-state index is 0.00581. The molecule has 2 aromatic rings. The molecule has 2 aromatic carbocycles. The lowest BCUT2D eigenvalue weighted by atomic mass is 10.2. The van der Waals surface area contributed by atoms with Gasteiger partial charge in [0.1, 0.15) is 5.75 Å². The molecule has 0 saturated heterocycles. The first-order valence-electron chi connectivity index (χ1n) is 9.00. The van der Waals surface area contributed by atoms with E-state index >= 15 is 0 Å². The van der Waals surface area contributed by atoms with E-state index in [1.165, 1.54) is 12.1 Å². The van der Waals surface area contributed by atoms with Gasteiger partial charge in [-0.05, 0) is 43.7 Å². The molecular formula is C20H23N3O6. The average Bonchev–Trinajstić information content (AvgIpc) is 2.69. The van der Waals surface area contributed by atoms with Crippen molar-refractivity contribution >= 4 is 23.3 Å². The molecule has 154 valence electrons. The molecule has 1 amide bonds. The van der Waals surface area contributed by atoms with Crippen molar-refractivity contribution in [1.82, 2.24) is 5.32 Å². The third-order valence-corrected chi connectivity index (χ3v) is 3.83. The third kappa shape index (κ3) is 7.49. The number of hydrogen-bond donors (Lipinski definition) is 2. The molecule has 0 spiro atoms. The summed E-state index contributed by atoms with van der Waals surface area (Å²) in [5.74, 6) is -0.520. The lowest BCUT2D eigenvalue weighted by molar-refractivity contribution is -0.384. The molecule has 9 nitrogen and oxygen atoms in total. The number of nitro benzene ring substituents is 1. The number of esters is 1. The van der Waals surface area contributed by atoms with Gasteiger partial charge in [0, 0.05) is 30.9 Å². The molecule has 29 heavy (non-hydrogen) atoms. The van der Waals surface area contributed by atoms with E-state index in [0.29, 0.717) is 24.5 Å². The Labute approximate surface area is 168 Å². The Morgan fingerprint density at radius 1 is 1.14 bits per heavy atom. The Morgan fingerprint density at radius 3 is 2.52 bits per heavy atom. The maximum atomic E-state index is 11.9. The van der Waals surface area contributed by atoms with Crippen LogP contribution in [0.4, 0.5) is 11.4 Å². The zero-order valence-electron chi connectivity index (χ0n) is 16.2. The molecule has 0 aliphatic carbocycles. The normalized spacial score (nSPS) is 11.2. The van der Waals surface area contributed by atoms with E-state index in [-0.39, 0.29) is 5.69 Å². The van der Waals surface area contributed by atoms with E-state index in [1.807, 2.05) is 19.1 Å². The van der Waals surface area contributed by atoms with Crippen LogP contribution in [0.3, 0.4) is 0 Å². The van der Waals surface area contributed by atoms with Gasteiger partial charge in [-0.1, -0.05) is 12.1 Å². The number of carbonyl (C=O) groups is 2. The quantitative estimate of drug-likeness (QED) is 0.271. The number of ether oxygens (including phenoxy) is 2. The predicted octanol–water partition coefficient (Wildman–Crippen LogP) is 2.44. The number of nitrogens with one attached hydrogen (secondary N) is 2. The first kappa shape index (κ1) is 21.7. The van der Waals surface area contributed by atoms with Gasteiger partial charge in [-0.25, -0.2) is 4.79 Å². The summed E-state index contributed by atoms with van der Waals surface area (Å²) in [6.45, 7) is 3.76. The van der Waals surface area contributed by atoms with Gasteiger partial charge in [0.05, 0.1) is 4.92 Å². The SMILES string of the molecule is Cc1cccc(O[C@H](C)C(=O)OCC(=O)NCCNc2ccc([N+](=O)[O-])cc2)c1. The van der Waals surface area contributed by atoms with E-state index in [2.05, 4.69) is 10.6 Å². The molecular weight excluding hydrogens is 378 g/mol. The van der Waals surface area contributed by atoms with Crippen LogP contribution < -0.4 is 15.4 Å². The number of carbonyl (C=O) groups excluding carboxylic acids is 2. The zero-order chi connectivity index (χ0) is 21.2. The Bertz CT molecular complexity index is 854.